The largest absolute Gasteiger partial charge is 0.417 e. The fraction of sp³-hybridized carbons (Fsp3) is 0.235. The summed E-state index contributed by atoms with van der Waals surface area (Å²) in [4.78, 5) is 12.4. The van der Waals surface area contributed by atoms with E-state index in [9.17, 15) is 18.0 Å². The third-order valence-electron chi connectivity index (χ3n) is 4.01. The highest BCUT2D eigenvalue weighted by Crippen LogP contribution is 2.36. The number of rotatable bonds is 3. The number of carbonyl (C=O) groups excluding carboxylic acids is 1. The summed E-state index contributed by atoms with van der Waals surface area (Å²) in [5.74, 6) is -0.447. The van der Waals surface area contributed by atoms with E-state index in [4.69, 9.17) is 23.2 Å². The van der Waals surface area contributed by atoms with Crippen LogP contribution in [0.5, 0.6) is 0 Å². The van der Waals surface area contributed by atoms with Gasteiger partial charge in [0.2, 0.25) is 5.91 Å². The maximum atomic E-state index is 12.9. The standard InChI is InChI=1S/C17H14Cl2F3N3O/c18-10-3-1-2-9(6-10)14-8-15(25-24-14)16(26)23-11-4-5-13(19)12(7-11)17(20,21)22/h1-7,14-15,24-25H,8H2,(H,23,26). The molecule has 26 heavy (non-hydrogen) atoms. The Kier molecular flexibility index (Phi) is 5.43. The van der Waals surface area contributed by atoms with Crippen molar-refractivity contribution in [2.75, 3.05) is 5.32 Å². The highest BCUT2D eigenvalue weighted by molar-refractivity contribution is 6.31. The van der Waals surface area contributed by atoms with Gasteiger partial charge in [-0.2, -0.15) is 13.2 Å². The Balaban J connectivity index is 1.68. The maximum Gasteiger partial charge on any atom is 0.417 e. The topological polar surface area (TPSA) is 53.2 Å². The van der Waals surface area contributed by atoms with E-state index in [-0.39, 0.29) is 11.7 Å². The minimum Gasteiger partial charge on any atom is -0.325 e. The van der Waals surface area contributed by atoms with Gasteiger partial charge in [-0.15, -0.1) is 0 Å². The summed E-state index contributed by atoms with van der Waals surface area (Å²) in [6, 6.07) is 9.72. The number of halogens is 5. The van der Waals surface area contributed by atoms with Crippen molar-refractivity contribution in [3.05, 3.63) is 63.6 Å². The number of amides is 1. The summed E-state index contributed by atoms with van der Waals surface area (Å²) in [6.45, 7) is 0. The average molecular weight is 404 g/mol. The molecule has 2 unspecified atom stereocenters. The molecule has 3 N–H and O–H groups in total. The smallest absolute Gasteiger partial charge is 0.325 e. The van der Waals surface area contributed by atoms with E-state index < -0.39 is 28.7 Å². The summed E-state index contributed by atoms with van der Waals surface area (Å²) >= 11 is 11.5. The van der Waals surface area contributed by atoms with E-state index in [1.807, 2.05) is 6.07 Å². The van der Waals surface area contributed by atoms with E-state index in [1.165, 1.54) is 6.07 Å². The first-order valence-electron chi connectivity index (χ1n) is 7.68. The first kappa shape index (κ1) is 19.0. The van der Waals surface area contributed by atoms with Crippen LogP contribution in [0.2, 0.25) is 10.0 Å². The Bertz CT molecular complexity index is 829. The molecule has 0 spiro atoms. The van der Waals surface area contributed by atoms with Crippen LogP contribution in [-0.2, 0) is 11.0 Å². The van der Waals surface area contributed by atoms with Crippen LogP contribution in [0.4, 0.5) is 18.9 Å². The van der Waals surface area contributed by atoms with Crippen LogP contribution in [0.15, 0.2) is 42.5 Å². The molecule has 1 aliphatic heterocycles. The number of nitrogens with one attached hydrogen (secondary N) is 3. The molecule has 2 aromatic rings. The number of hydrogen-bond acceptors (Lipinski definition) is 3. The van der Waals surface area contributed by atoms with Crippen molar-refractivity contribution in [1.29, 1.82) is 0 Å². The zero-order valence-corrected chi connectivity index (χ0v) is 14.7. The average Bonchev–Trinajstić information content (AvgIpc) is 3.06. The van der Waals surface area contributed by atoms with E-state index in [1.54, 1.807) is 18.2 Å². The molecule has 0 radical (unpaired) electrons. The van der Waals surface area contributed by atoms with Crippen molar-refractivity contribution in [2.24, 2.45) is 0 Å². The van der Waals surface area contributed by atoms with E-state index in [2.05, 4.69) is 16.2 Å². The number of carbonyl (C=O) groups is 1. The number of hydrogen-bond donors (Lipinski definition) is 3. The van der Waals surface area contributed by atoms with Crippen molar-refractivity contribution in [3.8, 4) is 0 Å². The molecule has 0 aromatic heterocycles. The van der Waals surface area contributed by atoms with Crippen molar-refractivity contribution in [2.45, 2.75) is 24.7 Å². The van der Waals surface area contributed by atoms with Gasteiger partial charge < -0.3 is 5.32 Å². The maximum absolute atomic E-state index is 12.9. The number of benzene rings is 2. The lowest BCUT2D eigenvalue weighted by atomic mass is 10.0. The quantitative estimate of drug-likeness (QED) is 0.703. The second kappa shape index (κ2) is 7.44. The number of alkyl halides is 3. The molecular formula is C17H14Cl2F3N3O. The summed E-state index contributed by atoms with van der Waals surface area (Å²) in [5.41, 5.74) is 5.78. The van der Waals surface area contributed by atoms with Crippen molar-refractivity contribution >= 4 is 34.8 Å². The normalized spacial score (nSPS) is 20.2. The van der Waals surface area contributed by atoms with Crippen LogP contribution in [-0.4, -0.2) is 11.9 Å². The first-order valence-corrected chi connectivity index (χ1v) is 8.44. The van der Waals surface area contributed by atoms with Gasteiger partial charge in [0.25, 0.3) is 0 Å². The number of anilines is 1. The second-order valence-corrected chi connectivity index (χ2v) is 6.71. The van der Waals surface area contributed by atoms with Crippen LogP contribution in [0.1, 0.15) is 23.6 Å². The molecule has 3 rings (SSSR count). The molecule has 1 aliphatic rings. The fourth-order valence-corrected chi connectivity index (χ4v) is 3.14. The molecule has 2 aromatic carbocycles. The Morgan fingerprint density at radius 2 is 1.88 bits per heavy atom. The Morgan fingerprint density at radius 1 is 1.12 bits per heavy atom. The van der Waals surface area contributed by atoms with Crippen molar-refractivity contribution < 1.29 is 18.0 Å². The molecule has 2 atom stereocenters. The van der Waals surface area contributed by atoms with Gasteiger partial charge in [-0.25, -0.2) is 10.9 Å². The van der Waals surface area contributed by atoms with Gasteiger partial charge in [-0.05, 0) is 42.3 Å². The molecule has 0 bridgehead atoms. The van der Waals surface area contributed by atoms with Crippen LogP contribution in [0.25, 0.3) is 0 Å². The monoisotopic (exact) mass is 403 g/mol. The minimum atomic E-state index is -4.59. The predicted octanol–water partition coefficient (Wildman–Crippen LogP) is 4.56. The van der Waals surface area contributed by atoms with Gasteiger partial charge in [0.05, 0.1) is 10.6 Å². The van der Waals surface area contributed by atoms with Crippen molar-refractivity contribution in [1.82, 2.24) is 10.9 Å². The highest BCUT2D eigenvalue weighted by atomic mass is 35.5. The SMILES string of the molecule is O=C(Nc1ccc(Cl)c(C(F)(F)F)c1)C1CC(c2cccc(Cl)c2)NN1. The minimum absolute atomic E-state index is 0.0275. The molecule has 1 fully saturated rings. The summed E-state index contributed by atoms with van der Waals surface area (Å²) < 4.78 is 38.7. The van der Waals surface area contributed by atoms with Crippen LogP contribution >= 0.6 is 23.2 Å². The Labute approximate surface area is 157 Å². The molecule has 1 saturated heterocycles. The third kappa shape index (κ3) is 4.29. The van der Waals surface area contributed by atoms with Gasteiger partial charge in [0, 0.05) is 16.8 Å². The molecule has 138 valence electrons. The van der Waals surface area contributed by atoms with Crippen LogP contribution in [0, 0.1) is 0 Å². The van der Waals surface area contributed by atoms with Gasteiger partial charge in [0.1, 0.15) is 6.04 Å². The molecule has 0 saturated carbocycles. The molecule has 1 amide bonds. The summed E-state index contributed by atoms with van der Waals surface area (Å²) in [6.07, 6.45) is -4.17. The molecule has 1 heterocycles. The van der Waals surface area contributed by atoms with E-state index in [0.29, 0.717) is 11.4 Å². The second-order valence-electron chi connectivity index (χ2n) is 5.87. The molecule has 0 aliphatic carbocycles. The van der Waals surface area contributed by atoms with E-state index >= 15 is 0 Å². The van der Waals surface area contributed by atoms with Crippen LogP contribution in [0.3, 0.4) is 0 Å². The zero-order chi connectivity index (χ0) is 18.9. The highest BCUT2D eigenvalue weighted by Gasteiger charge is 2.34. The molecule has 9 heteroatoms. The van der Waals surface area contributed by atoms with E-state index in [0.717, 1.165) is 17.7 Å². The summed E-state index contributed by atoms with van der Waals surface area (Å²) in [5, 5.41) is 2.64. The van der Waals surface area contributed by atoms with Crippen LogP contribution < -0.4 is 16.2 Å². The molecule has 4 nitrogen and oxygen atoms in total. The molecular weight excluding hydrogens is 390 g/mol. The van der Waals surface area contributed by atoms with Gasteiger partial charge in [-0.3, -0.25) is 4.79 Å². The lowest BCUT2D eigenvalue weighted by Crippen LogP contribution is -2.39. The third-order valence-corrected chi connectivity index (χ3v) is 4.57. The predicted molar refractivity (Wildman–Crippen MR) is 94.0 cm³/mol. The summed E-state index contributed by atoms with van der Waals surface area (Å²) in [7, 11) is 0. The lowest BCUT2D eigenvalue weighted by Gasteiger charge is -2.14. The van der Waals surface area contributed by atoms with Gasteiger partial charge in [-0.1, -0.05) is 35.3 Å². The van der Waals surface area contributed by atoms with Gasteiger partial charge >= 0.3 is 6.18 Å². The Hall–Kier alpha value is -1.80. The fourth-order valence-electron chi connectivity index (χ4n) is 2.72. The first-order chi connectivity index (χ1) is 12.2. The van der Waals surface area contributed by atoms with Gasteiger partial charge in [0.15, 0.2) is 0 Å². The zero-order valence-electron chi connectivity index (χ0n) is 13.2. The lowest BCUT2D eigenvalue weighted by molar-refractivity contribution is -0.137. The Morgan fingerprint density at radius 3 is 2.58 bits per heavy atom. The number of hydrazine groups is 1. The van der Waals surface area contributed by atoms with Crippen molar-refractivity contribution in [3.63, 3.8) is 0 Å².